The van der Waals surface area contributed by atoms with Crippen LogP contribution in [0.3, 0.4) is 0 Å². The maximum absolute atomic E-state index is 5.01. The van der Waals surface area contributed by atoms with E-state index in [2.05, 4.69) is 10.4 Å². The number of hydrogen-bond acceptors (Lipinski definition) is 2. The van der Waals surface area contributed by atoms with Gasteiger partial charge in [-0.25, -0.2) is 0 Å². The van der Waals surface area contributed by atoms with Crippen LogP contribution in [0.1, 0.15) is 13.8 Å². The molecular formula is C5H13N3. The Balaban J connectivity index is 3.72. The molecule has 8 heavy (non-hydrogen) atoms. The zero-order valence-corrected chi connectivity index (χ0v) is 5.60. The van der Waals surface area contributed by atoms with E-state index < -0.39 is 0 Å². The molecule has 0 atom stereocenters. The van der Waals surface area contributed by atoms with Gasteiger partial charge >= 0.3 is 0 Å². The minimum Gasteiger partial charge on any atom is -0.375 e. The van der Waals surface area contributed by atoms with E-state index in [1.165, 1.54) is 0 Å². The first kappa shape index (κ1) is 7.27. The third-order valence-electron chi connectivity index (χ3n) is 0.942. The van der Waals surface area contributed by atoms with E-state index in [4.69, 9.17) is 5.84 Å². The van der Waals surface area contributed by atoms with Gasteiger partial charge in [0.2, 0.25) is 0 Å². The van der Waals surface area contributed by atoms with Crippen molar-refractivity contribution in [3.63, 3.8) is 0 Å². The number of nitrogens with two attached hydrogens (primary N) is 1. The van der Waals surface area contributed by atoms with Crippen LogP contribution >= 0.6 is 0 Å². The third-order valence-corrected chi connectivity index (χ3v) is 0.942. The van der Waals surface area contributed by atoms with Crippen LogP contribution < -0.4 is 11.2 Å². The van der Waals surface area contributed by atoms with Gasteiger partial charge in [-0.15, -0.1) is 0 Å². The van der Waals surface area contributed by atoms with E-state index in [-0.39, 0.29) is 0 Å². The number of nitrogens with zero attached hydrogens (tertiary/aromatic N) is 1. The summed E-state index contributed by atoms with van der Waals surface area (Å²) in [7, 11) is 1.81. The SMILES string of the molecule is CN/C(=N\N)C(C)C. The number of hydrazone groups is 1. The van der Waals surface area contributed by atoms with Crippen LogP contribution in [-0.4, -0.2) is 12.9 Å². The summed E-state index contributed by atoms with van der Waals surface area (Å²) >= 11 is 0. The maximum Gasteiger partial charge on any atom is 0.124 e. The molecule has 0 amide bonds. The molecule has 3 heteroatoms. The van der Waals surface area contributed by atoms with Crippen LogP contribution in [0.4, 0.5) is 0 Å². The molecule has 0 unspecified atom stereocenters. The Morgan fingerprint density at radius 3 is 2.12 bits per heavy atom. The second-order valence-electron chi connectivity index (χ2n) is 1.92. The molecule has 0 saturated heterocycles. The minimum absolute atomic E-state index is 0.394. The van der Waals surface area contributed by atoms with Gasteiger partial charge in [-0.05, 0) is 0 Å². The highest BCUT2D eigenvalue weighted by Crippen LogP contribution is 1.90. The fourth-order valence-electron chi connectivity index (χ4n) is 0.502. The summed E-state index contributed by atoms with van der Waals surface area (Å²) < 4.78 is 0. The summed E-state index contributed by atoms with van der Waals surface area (Å²) in [4.78, 5) is 0. The lowest BCUT2D eigenvalue weighted by molar-refractivity contribution is 0.827. The van der Waals surface area contributed by atoms with E-state index in [9.17, 15) is 0 Å². The highest BCUT2D eigenvalue weighted by molar-refractivity contribution is 5.83. The maximum atomic E-state index is 5.01. The first-order valence-corrected chi connectivity index (χ1v) is 2.68. The van der Waals surface area contributed by atoms with E-state index >= 15 is 0 Å². The molecule has 0 aliphatic carbocycles. The van der Waals surface area contributed by atoms with Crippen molar-refractivity contribution in [2.75, 3.05) is 7.05 Å². The molecule has 0 aliphatic rings. The van der Waals surface area contributed by atoms with Crippen molar-refractivity contribution >= 4 is 5.84 Å². The average Bonchev–Trinajstić information content (AvgIpc) is 1.69. The van der Waals surface area contributed by atoms with Crippen LogP contribution in [0.15, 0.2) is 5.10 Å². The monoisotopic (exact) mass is 115 g/mol. The van der Waals surface area contributed by atoms with E-state index in [0.717, 1.165) is 5.84 Å². The smallest absolute Gasteiger partial charge is 0.124 e. The Hall–Kier alpha value is -0.730. The van der Waals surface area contributed by atoms with E-state index in [1.807, 2.05) is 20.9 Å². The molecule has 3 N–H and O–H groups in total. The Morgan fingerprint density at radius 1 is 1.62 bits per heavy atom. The Kier molecular flexibility index (Phi) is 2.99. The van der Waals surface area contributed by atoms with Crippen LogP contribution in [0.2, 0.25) is 0 Å². The van der Waals surface area contributed by atoms with Gasteiger partial charge in [-0.3, -0.25) is 0 Å². The lowest BCUT2D eigenvalue weighted by Crippen LogP contribution is -2.25. The molecule has 0 fully saturated rings. The molecular weight excluding hydrogens is 102 g/mol. The molecule has 0 aliphatic heterocycles. The average molecular weight is 115 g/mol. The molecule has 0 aromatic rings. The molecule has 0 radical (unpaired) electrons. The van der Waals surface area contributed by atoms with E-state index in [1.54, 1.807) is 0 Å². The van der Waals surface area contributed by atoms with Gasteiger partial charge in [-0.2, -0.15) is 5.10 Å². The zero-order chi connectivity index (χ0) is 6.57. The predicted octanol–water partition coefficient (Wildman–Crippen LogP) is 0.134. The van der Waals surface area contributed by atoms with Gasteiger partial charge in [0.05, 0.1) is 0 Å². The largest absolute Gasteiger partial charge is 0.375 e. The van der Waals surface area contributed by atoms with E-state index in [0.29, 0.717) is 5.92 Å². The van der Waals surface area contributed by atoms with Crippen molar-refractivity contribution in [1.29, 1.82) is 0 Å². The van der Waals surface area contributed by atoms with Crippen LogP contribution in [0.25, 0.3) is 0 Å². The van der Waals surface area contributed by atoms with Crippen molar-refractivity contribution < 1.29 is 0 Å². The fraction of sp³-hybridized carbons (Fsp3) is 0.800. The number of amidine groups is 1. The van der Waals surface area contributed by atoms with Gasteiger partial charge in [0, 0.05) is 13.0 Å². The zero-order valence-electron chi connectivity index (χ0n) is 5.60. The summed E-state index contributed by atoms with van der Waals surface area (Å²) in [5.41, 5.74) is 0. The van der Waals surface area contributed by atoms with Crippen LogP contribution in [0.5, 0.6) is 0 Å². The topological polar surface area (TPSA) is 50.4 Å². The third kappa shape index (κ3) is 1.82. The predicted molar refractivity (Wildman–Crippen MR) is 35.5 cm³/mol. The molecule has 0 rings (SSSR count). The first-order valence-electron chi connectivity index (χ1n) is 2.68. The van der Waals surface area contributed by atoms with Gasteiger partial charge in [-0.1, -0.05) is 13.8 Å². The number of hydrogen-bond donors (Lipinski definition) is 2. The summed E-state index contributed by atoms with van der Waals surface area (Å²) in [5, 5.41) is 6.39. The van der Waals surface area contributed by atoms with Crippen molar-refractivity contribution in [3.05, 3.63) is 0 Å². The molecule has 48 valence electrons. The van der Waals surface area contributed by atoms with Gasteiger partial charge < -0.3 is 11.2 Å². The standard InChI is InChI=1S/C5H13N3/c1-4(2)5(7-3)8-6/h4H,6H2,1-3H3,(H,7,8). The summed E-state index contributed by atoms with van der Waals surface area (Å²) in [6.45, 7) is 4.06. The summed E-state index contributed by atoms with van der Waals surface area (Å²) in [5.74, 6) is 6.24. The fourth-order valence-corrected chi connectivity index (χ4v) is 0.502. The normalized spacial score (nSPS) is 12.2. The highest BCUT2D eigenvalue weighted by atomic mass is 15.2. The van der Waals surface area contributed by atoms with Gasteiger partial charge in [0.25, 0.3) is 0 Å². The highest BCUT2D eigenvalue weighted by Gasteiger charge is 1.98. The Bertz CT molecular complexity index is 85.7. The van der Waals surface area contributed by atoms with Gasteiger partial charge in [0.15, 0.2) is 0 Å². The Labute approximate surface area is 50.0 Å². The first-order chi connectivity index (χ1) is 3.72. The summed E-state index contributed by atoms with van der Waals surface area (Å²) in [6.07, 6.45) is 0. The van der Waals surface area contributed by atoms with Crippen LogP contribution in [-0.2, 0) is 0 Å². The molecule has 3 nitrogen and oxygen atoms in total. The van der Waals surface area contributed by atoms with Crippen molar-refractivity contribution in [1.82, 2.24) is 5.32 Å². The minimum atomic E-state index is 0.394. The molecule has 0 bridgehead atoms. The van der Waals surface area contributed by atoms with Crippen LogP contribution in [0, 0.1) is 5.92 Å². The van der Waals surface area contributed by atoms with Crippen molar-refractivity contribution in [2.24, 2.45) is 16.9 Å². The molecule has 0 aromatic heterocycles. The molecule has 0 aromatic carbocycles. The van der Waals surface area contributed by atoms with Crippen molar-refractivity contribution in [3.8, 4) is 0 Å². The Morgan fingerprint density at radius 2 is 2.12 bits per heavy atom. The lowest BCUT2D eigenvalue weighted by atomic mass is 10.2. The molecule has 0 heterocycles. The lowest BCUT2D eigenvalue weighted by Gasteiger charge is -2.05. The van der Waals surface area contributed by atoms with Gasteiger partial charge in [0.1, 0.15) is 5.84 Å². The molecule has 0 spiro atoms. The number of rotatable bonds is 1. The second-order valence-corrected chi connectivity index (χ2v) is 1.92. The quantitative estimate of drug-likeness (QED) is 0.221. The van der Waals surface area contributed by atoms with Crippen molar-refractivity contribution in [2.45, 2.75) is 13.8 Å². The summed E-state index contributed by atoms with van der Waals surface area (Å²) in [6, 6.07) is 0. The molecule has 0 saturated carbocycles. The second kappa shape index (κ2) is 3.29. The number of nitrogens with one attached hydrogen (secondary N) is 1.